The fraction of sp³-hybridized carbons (Fsp3) is 1.00. The van der Waals surface area contributed by atoms with E-state index in [-0.39, 0.29) is 0 Å². The standard InChI is InChI=1S/C5H11NO.HNO2/c1-5-4-6-2-3-7-5;2-1-3/h5-6H,2-4H2,1H3;(H,2,3). The van der Waals surface area contributed by atoms with Crippen LogP contribution >= 0.6 is 0 Å². The van der Waals surface area contributed by atoms with Gasteiger partial charge in [-0.25, -0.2) is 0 Å². The Hall–Kier alpha value is -0.680. The summed E-state index contributed by atoms with van der Waals surface area (Å²) >= 11 is 0. The van der Waals surface area contributed by atoms with Gasteiger partial charge in [0, 0.05) is 13.1 Å². The lowest BCUT2D eigenvalue weighted by molar-refractivity contribution is 0.0410. The topological polar surface area (TPSA) is 70.9 Å². The molecule has 5 heteroatoms. The van der Waals surface area contributed by atoms with Gasteiger partial charge in [0.05, 0.1) is 12.7 Å². The Balaban J connectivity index is 0.000000236. The van der Waals surface area contributed by atoms with Gasteiger partial charge >= 0.3 is 0 Å². The van der Waals surface area contributed by atoms with Crippen LogP contribution in [0.15, 0.2) is 5.34 Å². The molecule has 1 atom stereocenters. The average Bonchev–Trinajstić information content (AvgIpc) is 1.91. The van der Waals surface area contributed by atoms with E-state index < -0.39 is 0 Å². The third-order valence-corrected chi connectivity index (χ3v) is 1.11. The summed E-state index contributed by atoms with van der Waals surface area (Å²) in [6.45, 7) is 4.98. The fourth-order valence-electron chi connectivity index (χ4n) is 0.697. The summed E-state index contributed by atoms with van der Waals surface area (Å²) in [6.07, 6.45) is 0.425. The van der Waals surface area contributed by atoms with Crippen molar-refractivity contribution in [3.63, 3.8) is 0 Å². The van der Waals surface area contributed by atoms with E-state index >= 15 is 0 Å². The van der Waals surface area contributed by atoms with Crippen LogP contribution in [0.1, 0.15) is 6.92 Å². The van der Waals surface area contributed by atoms with Crippen molar-refractivity contribution in [2.24, 2.45) is 5.34 Å². The molecule has 1 aliphatic rings. The second-order valence-corrected chi connectivity index (χ2v) is 1.97. The molecule has 0 radical (unpaired) electrons. The molecule has 1 aliphatic heterocycles. The van der Waals surface area contributed by atoms with Crippen molar-refractivity contribution in [1.29, 1.82) is 0 Å². The zero-order valence-corrected chi connectivity index (χ0v) is 5.91. The van der Waals surface area contributed by atoms with Gasteiger partial charge in [-0.15, -0.1) is 4.91 Å². The Morgan fingerprint density at radius 2 is 2.40 bits per heavy atom. The van der Waals surface area contributed by atoms with Crippen LogP contribution in [-0.2, 0) is 4.74 Å². The molecule has 1 unspecified atom stereocenters. The van der Waals surface area contributed by atoms with Crippen LogP contribution in [-0.4, -0.2) is 31.0 Å². The first kappa shape index (κ1) is 9.32. The Bertz CT molecular complexity index is 83.0. The fourth-order valence-corrected chi connectivity index (χ4v) is 0.697. The van der Waals surface area contributed by atoms with Crippen molar-refractivity contribution in [3.8, 4) is 0 Å². The van der Waals surface area contributed by atoms with Crippen molar-refractivity contribution in [2.75, 3.05) is 19.7 Å². The average molecular weight is 148 g/mol. The number of hydrogen-bond donors (Lipinski definition) is 2. The molecule has 1 rings (SSSR count). The summed E-state index contributed by atoms with van der Waals surface area (Å²) in [7, 11) is 0. The molecule has 0 aromatic carbocycles. The van der Waals surface area contributed by atoms with E-state index in [0.717, 1.165) is 19.7 Å². The van der Waals surface area contributed by atoms with Crippen LogP contribution in [0.4, 0.5) is 0 Å². The second kappa shape index (κ2) is 6.44. The first-order chi connectivity index (χ1) is 4.81. The summed E-state index contributed by atoms with van der Waals surface area (Å²) < 4.78 is 5.22. The van der Waals surface area contributed by atoms with E-state index in [1.54, 1.807) is 0 Å². The van der Waals surface area contributed by atoms with Crippen molar-refractivity contribution in [1.82, 2.24) is 5.32 Å². The highest BCUT2D eigenvalue weighted by molar-refractivity contribution is 4.59. The van der Waals surface area contributed by atoms with Crippen molar-refractivity contribution in [3.05, 3.63) is 4.91 Å². The Morgan fingerprint density at radius 3 is 2.60 bits per heavy atom. The lowest BCUT2D eigenvalue weighted by Crippen LogP contribution is -2.36. The lowest BCUT2D eigenvalue weighted by Gasteiger charge is -2.18. The highest BCUT2D eigenvalue weighted by Crippen LogP contribution is 1.91. The first-order valence-corrected chi connectivity index (χ1v) is 3.10. The predicted molar refractivity (Wildman–Crippen MR) is 35.9 cm³/mol. The SMILES string of the molecule is CC1CNCCO1.O=NO. The summed E-state index contributed by atoms with van der Waals surface area (Å²) in [5, 5.41) is 11.1. The van der Waals surface area contributed by atoms with Crippen LogP contribution in [0.2, 0.25) is 0 Å². The van der Waals surface area contributed by atoms with Gasteiger partial charge < -0.3 is 15.3 Å². The largest absolute Gasteiger partial charge is 0.379 e. The minimum Gasteiger partial charge on any atom is -0.379 e. The number of rotatable bonds is 0. The van der Waals surface area contributed by atoms with Gasteiger partial charge in [0.15, 0.2) is 5.34 Å². The normalized spacial score (nSPS) is 24.3. The van der Waals surface area contributed by atoms with Crippen molar-refractivity contribution < 1.29 is 9.94 Å². The summed E-state index contributed by atoms with van der Waals surface area (Å²) in [5.74, 6) is 0. The van der Waals surface area contributed by atoms with Gasteiger partial charge in [0.25, 0.3) is 0 Å². The Kier molecular flexibility index (Phi) is 6.00. The molecule has 0 aromatic heterocycles. The highest BCUT2D eigenvalue weighted by Gasteiger charge is 2.04. The number of morpholine rings is 1. The summed E-state index contributed by atoms with van der Waals surface area (Å²) in [6, 6.07) is 0. The molecule has 0 amide bonds. The van der Waals surface area contributed by atoms with Gasteiger partial charge in [-0.1, -0.05) is 0 Å². The highest BCUT2D eigenvalue weighted by atomic mass is 16.6. The van der Waals surface area contributed by atoms with Crippen LogP contribution in [0, 0.1) is 4.91 Å². The van der Waals surface area contributed by atoms with E-state index in [9.17, 15) is 0 Å². The molecule has 0 spiro atoms. The lowest BCUT2D eigenvalue weighted by atomic mass is 10.3. The molecule has 10 heavy (non-hydrogen) atoms. The van der Waals surface area contributed by atoms with Crippen LogP contribution in [0.5, 0.6) is 0 Å². The molecule has 60 valence electrons. The Morgan fingerprint density at radius 1 is 1.80 bits per heavy atom. The number of ether oxygens (including phenoxy) is 1. The summed E-state index contributed by atoms with van der Waals surface area (Å²) in [5.41, 5.74) is 0. The van der Waals surface area contributed by atoms with Gasteiger partial charge in [-0.05, 0) is 6.92 Å². The monoisotopic (exact) mass is 148 g/mol. The minimum atomic E-state index is 0.425. The second-order valence-electron chi connectivity index (χ2n) is 1.97. The molecule has 0 saturated carbocycles. The number of nitrogens with zero attached hydrogens (tertiary/aromatic N) is 1. The van der Waals surface area contributed by atoms with E-state index in [1.807, 2.05) is 0 Å². The zero-order chi connectivity index (χ0) is 7.82. The van der Waals surface area contributed by atoms with E-state index in [1.165, 1.54) is 5.34 Å². The van der Waals surface area contributed by atoms with Crippen LogP contribution < -0.4 is 5.32 Å². The van der Waals surface area contributed by atoms with E-state index in [4.69, 9.17) is 14.9 Å². The molecule has 1 heterocycles. The smallest absolute Gasteiger partial charge is 0.152 e. The maximum atomic E-state index is 8.11. The van der Waals surface area contributed by atoms with Gasteiger partial charge in [-0.3, -0.25) is 0 Å². The van der Waals surface area contributed by atoms with Crippen LogP contribution in [0.25, 0.3) is 0 Å². The molecule has 2 N–H and O–H groups in total. The zero-order valence-electron chi connectivity index (χ0n) is 5.91. The maximum absolute atomic E-state index is 8.11. The molecule has 0 aromatic rings. The molecular formula is C5H12N2O3. The first-order valence-electron chi connectivity index (χ1n) is 3.10. The number of hydrogen-bond acceptors (Lipinski definition) is 4. The molecule has 1 saturated heterocycles. The Labute approximate surface area is 59.3 Å². The molecule has 1 fully saturated rings. The summed E-state index contributed by atoms with van der Waals surface area (Å²) in [4.78, 5) is 8.11. The van der Waals surface area contributed by atoms with Gasteiger partial charge in [0.2, 0.25) is 0 Å². The molecular weight excluding hydrogens is 136 g/mol. The minimum absolute atomic E-state index is 0.425. The van der Waals surface area contributed by atoms with E-state index in [0.29, 0.717) is 6.10 Å². The van der Waals surface area contributed by atoms with Crippen LogP contribution in [0.3, 0.4) is 0 Å². The van der Waals surface area contributed by atoms with E-state index in [2.05, 4.69) is 12.2 Å². The predicted octanol–water partition coefficient (Wildman–Crippen LogP) is 0.137. The molecule has 0 aliphatic carbocycles. The quantitative estimate of drug-likeness (QED) is 0.378. The van der Waals surface area contributed by atoms with Gasteiger partial charge in [0.1, 0.15) is 0 Å². The van der Waals surface area contributed by atoms with Crippen molar-refractivity contribution >= 4 is 0 Å². The third-order valence-electron chi connectivity index (χ3n) is 1.11. The maximum Gasteiger partial charge on any atom is 0.152 e. The molecule has 0 bridgehead atoms. The third kappa shape index (κ3) is 5.46. The number of nitrogens with one attached hydrogen (secondary N) is 1. The van der Waals surface area contributed by atoms with Crippen molar-refractivity contribution in [2.45, 2.75) is 13.0 Å². The van der Waals surface area contributed by atoms with Gasteiger partial charge in [-0.2, -0.15) is 0 Å². The molecule has 5 nitrogen and oxygen atoms in total.